The molecule has 4 rings (SSSR count). The van der Waals surface area contributed by atoms with E-state index in [1.165, 1.54) is 0 Å². The highest BCUT2D eigenvalue weighted by Crippen LogP contribution is 2.24. The van der Waals surface area contributed by atoms with Crippen molar-refractivity contribution in [3.8, 4) is 0 Å². The van der Waals surface area contributed by atoms with E-state index < -0.39 is 6.04 Å². The number of hydrogen-bond acceptors (Lipinski definition) is 5. The summed E-state index contributed by atoms with van der Waals surface area (Å²) in [4.78, 5) is 34.8. The maximum absolute atomic E-state index is 13.1. The summed E-state index contributed by atoms with van der Waals surface area (Å²) in [5.41, 5.74) is 8.51. The van der Waals surface area contributed by atoms with Crippen molar-refractivity contribution in [1.29, 1.82) is 0 Å². The van der Waals surface area contributed by atoms with Crippen LogP contribution in [0.5, 0.6) is 0 Å². The molecule has 1 aliphatic heterocycles. The zero-order valence-corrected chi connectivity index (χ0v) is 19.5. The fourth-order valence-electron chi connectivity index (χ4n) is 3.85. The van der Waals surface area contributed by atoms with Gasteiger partial charge in [-0.2, -0.15) is 0 Å². The number of thiophene rings is 1. The van der Waals surface area contributed by atoms with E-state index in [4.69, 9.17) is 5.73 Å². The van der Waals surface area contributed by atoms with Crippen molar-refractivity contribution in [3.63, 3.8) is 0 Å². The number of pyridine rings is 1. The first-order chi connectivity index (χ1) is 15.0. The average molecular weight is 499 g/mol. The van der Waals surface area contributed by atoms with Crippen molar-refractivity contribution < 1.29 is 9.59 Å². The Morgan fingerprint density at radius 3 is 2.90 bits per heavy atom. The van der Waals surface area contributed by atoms with Crippen molar-refractivity contribution in [2.24, 2.45) is 0 Å². The van der Waals surface area contributed by atoms with E-state index in [1.807, 2.05) is 41.5 Å². The van der Waals surface area contributed by atoms with Crippen molar-refractivity contribution >= 4 is 61.7 Å². The van der Waals surface area contributed by atoms with Gasteiger partial charge in [-0.3, -0.25) is 14.6 Å². The van der Waals surface area contributed by atoms with E-state index in [0.29, 0.717) is 31.7 Å². The second-order valence-electron chi connectivity index (χ2n) is 7.47. The second kappa shape index (κ2) is 9.20. The Kier molecular flexibility index (Phi) is 6.38. The Hall–Kier alpha value is -2.71. The van der Waals surface area contributed by atoms with Gasteiger partial charge < -0.3 is 15.5 Å². The minimum absolute atomic E-state index is 0.0185. The molecule has 0 radical (unpaired) electrons. The first-order valence-electron chi connectivity index (χ1n) is 10.1. The van der Waals surface area contributed by atoms with Crippen LogP contribution in [-0.2, 0) is 16.1 Å². The van der Waals surface area contributed by atoms with Gasteiger partial charge in [0.1, 0.15) is 6.04 Å². The van der Waals surface area contributed by atoms with E-state index >= 15 is 0 Å². The monoisotopic (exact) mass is 498 g/mol. The SMILES string of the molecule is CC[C@H]1C(=O)N(Cc2ccc3c(N)ccnc3c2)CCN1C(=O)/C=C/c1cc(Br)cs1. The van der Waals surface area contributed by atoms with Gasteiger partial charge in [0.25, 0.3) is 0 Å². The lowest BCUT2D eigenvalue weighted by atomic mass is 10.1. The molecule has 2 N–H and O–H groups in total. The fraction of sp³-hybridized carbons (Fsp3) is 0.261. The van der Waals surface area contributed by atoms with Crippen LogP contribution in [-0.4, -0.2) is 45.7 Å². The highest BCUT2D eigenvalue weighted by Gasteiger charge is 2.35. The molecule has 0 spiro atoms. The number of fused-ring (bicyclic) bond motifs is 1. The molecule has 3 aromatic rings. The Morgan fingerprint density at radius 1 is 1.32 bits per heavy atom. The predicted octanol–water partition coefficient (Wildman–Crippen LogP) is 4.30. The van der Waals surface area contributed by atoms with Crippen LogP contribution < -0.4 is 5.73 Å². The van der Waals surface area contributed by atoms with Crippen molar-refractivity contribution in [1.82, 2.24) is 14.8 Å². The second-order valence-corrected chi connectivity index (χ2v) is 9.33. The summed E-state index contributed by atoms with van der Waals surface area (Å²) >= 11 is 4.97. The molecule has 1 aromatic carbocycles. The zero-order valence-electron chi connectivity index (χ0n) is 17.1. The molecule has 0 unspecified atom stereocenters. The lowest BCUT2D eigenvalue weighted by Gasteiger charge is -2.40. The highest BCUT2D eigenvalue weighted by atomic mass is 79.9. The van der Waals surface area contributed by atoms with Crippen LogP contribution in [0.4, 0.5) is 5.69 Å². The van der Waals surface area contributed by atoms with Gasteiger partial charge in [-0.05, 0) is 52.2 Å². The molecule has 1 saturated heterocycles. The largest absolute Gasteiger partial charge is 0.398 e. The fourth-order valence-corrected chi connectivity index (χ4v) is 5.19. The molecular weight excluding hydrogens is 476 g/mol. The van der Waals surface area contributed by atoms with Crippen LogP contribution >= 0.6 is 27.3 Å². The number of hydrogen-bond donors (Lipinski definition) is 1. The van der Waals surface area contributed by atoms with Crippen LogP contribution in [0.15, 0.2) is 52.5 Å². The van der Waals surface area contributed by atoms with Gasteiger partial charge in [0, 0.05) is 57.7 Å². The number of benzene rings is 1. The van der Waals surface area contributed by atoms with Crippen LogP contribution in [0.3, 0.4) is 0 Å². The normalized spacial score (nSPS) is 17.1. The topological polar surface area (TPSA) is 79.5 Å². The number of halogens is 1. The number of nitrogens with zero attached hydrogens (tertiary/aromatic N) is 3. The van der Waals surface area contributed by atoms with Gasteiger partial charge in [0.05, 0.1) is 5.52 Å². The first-order valence-corrected chi connectivity index (χ1v) is 11.8. The molecule has 0 aliphatic carbocycles. The van der Waals surface area contributed by atoms with Gasteiger partial charge >= 0.3 is 0 Å². The summed E-state index contributed by atoms with van der Waals surface area (Å²) in [6.45, 7) is 3.44. The molecule has 2 amide bonds. The number of rotatable bonds is 5. The Morgan fingerprint density at radius 2 is 2.16 bits per heavy atom. The zero-order chi connectivity index (χ0) is 22.0. The average Bonchev–Trinajstić information content (AvgIpc) is 3.18. The van der Waals surface area contributed by atoms with Crippen LogP contribution in [0.2, 0.25) is 0 Å². The van der Waals surface area contributed by atoms with E-state index in [9.17, 15) is 9.59 Å². The van der Waals surface area contributed by atoms with Crippen LogP contribution in [0.1, 0.15) is 23.8 Å². The number of aromatic nitrogens is 1. The molecule has 160 valence electrons. The molecule has 1 atom stereocenters. The summed E-state index contributed by atoms with van der Waals surface area (Å²) in [6, 6.07) is 9.19. The lowest BCUT2D eigenvalue weighted by Crippen LogP contribution is -2.57. The number of piperazine rings is 1. The first kappa shape index (κ1) is 21.5. The maximum Gasteiger partial charge on any atom is 0.247 e. The van der Waals surface area contributed by atoms with E-state index in [0.717, 1.165) is 25.8 Å². The lowest BCUT2D eigenvalue weighted by molar-refractivity contribution is -0.149. The van der Waals surface area contributed by atoms with Crippen LogP contribution in [0, 0.1) is 0 Å². The number of nitrogens with two attached hydrogens (primary N) is 1. The molecule has 1 fully saturated rings. The smallest absolute Gasteiger partial charge is 0.247 e. The number of amides is 2. The highest BCUT2D eigenvalue weighted by molar-refractivity contribution is 9.10. The third-order valence-electron chi connectivity index (χ3n) is 5.45. The number of carbonyl (C=O) groups is 2. The van der Waals surface area contributed by atoms with E-state index in [1.54, 1.807) is 40.7 Å². The number of anilines is 1. The molecule has 1 aliphatic rings. The van der Waals surface area contributed by atoms with E-state index in [2.05, 4.69) is 20.9 Å². The van der Waals surface area contributed by atoms with Crippen LogP contribution in [0.25, 0.3) is 17.0 Å². The van der Waals surface area contributed by atoms with Crippen molar-refractivity contribution in [3.05, 3.63) is 62.9 Å². The Balaban J connectivity index is 1.46. The third-order valence-corrected chi connectivity index (χ3v) is 7.10. The number of nitrogen functional groups attached to an aromatic ring is 1. The Bertz CT molecular complexity index is 1160. The predicted molar refractivity (Wildman–Crippen MR) is 128 cm³/mol. The van der Waals surface area contributed by atoms with E-state index in [-0.39, 0.29) is 11.8 Å². The molecular formula is C23H23BrN4O2S. The van der Waals surface area contributed by atoms with Gasteiger partial charge in [-0.1, -0.05) is 19.1 Å². The van der Waals surface area contributed by atoms with Crippen molar-refractivity contribution in [2.45, 2.75) is 25.9 Å². The molecule has 6 nitrogen and oxygen atoms in total. The van der Waals surface area contributed by atoms with Gasteiger partial charge in [-0.15, -0.1) is 11.3 Å². The molecule has 0 saturated carbocycles. The molecule has 2 aromatic heterocycles. The number of carbonyl (C=O) groups excluding carboxylic acids is 2. The molecule has 0 bridgehead atoms. The van der Waals surface area contributed by atoms with Gasteiger partial charge in [0.2, 0.25) is 11.8 Å². The molecule has 31 heavy (non-hydrogen) atoms. The molecule has 3 heterocycles. The quantitative estimate of drug-likeness (QED) is 0.531. The summed E-state index contributed by atoms with van der Waals surface area (Å²) in [7, 11) is 0. The minimum atomic E-state index is -0.449. The van der Waals surface area contributed by atoms with Gasteiger partial charge in [0.15, 0.2) is 0 Å². The third kappa shape index (κ3) is 4.65. The molecule has 8 heteroatoms. The Labute approximate surface area is 193 Å². The summed E-state index contributed by atoms with van der Waals surface area (Å²) in [5, 5.41) is 2.88. The summed E-state index contributed by atoms with van der Waals surface area (Å²) in [5.74, 6) is -0.148. The summed E-state index contributed by atoms with van der Waals surface area (Å²) in [6.07, 6.45) is 5.63. The maximum atomic E-state index is 13.1. The minimum Gasteiger partial charge on any atom is -0.398 e. The van der Waals surface area contributed by atoms with Gasteiger partial charge in [-0.25, -0.2) is 0 Å². The summed E-state index contributed by atoms with van der Waals surface area (Å²) < 4.78 is 0.992. The standard InChI is InChI=1S/C23H23BrN4O2S/c1-2-21-23(30)27(13-15-3-5-18-19(25)7-8-26-20(18)11-15)9-10-28(21)22(29)6-4-17-12-16(24)14-31-17/h3-8,11-12,14,21H,2,9-10,13H2,1H3,(H2,25,26)/b6-4+/t21-/m0/s1. The van der Waals surface area contributed by atoms with Crippen molar-refractivity contribution in [2.75, 3.05) is 18.8 Å².